The molecule has 0 atom stereocenters. The molecule has 0 fully saturated rings. The SMILES string of the molecule is CCOC(=O)c1cc(C)sc1NC(=O)c1ccc(Cl)nc1. The average Bonchev–Trinajstić information content (AvgIpc) is 2.80. The van der Waals surface area contributed by atoms with Crippen LogP contribution < -0.4 is 5.32 Å². The van der Waals surface area contributed by atoms with Crippen LogP contribution in [0.5, 0.6) is 0 Å². The third-order valence-corrected chi connectivity index (χ3v) is 3.76. The van der Waals surface area contributed by atoms with Crippen molar-refractivity contribution in [1.29, 1.82) is 0 Å². The normalized spacial score (nSPS) is 10.2. The Labute approximate surface area is 130 Å². The Morgan fingerprint density at radius 2 is 2.19 bits per heavy atom. The minimum atomic E-state index is -0.452. The van der Waals surface area contributed by atoms with E-state index in [-0.39, 0.29) is 12.5 Å². The number of esters is 1. The number of rotatable bonds is 4. The molecule has 2 aromatic heterocycles. The number of hydrogen-bond donors (Lipinski definition) is 1. The molecule has 0 aliphatic carbocycles. The number of nitrogens with one attached hydrogen (secondary N) is 1. The molecule has 5 nitrogen and oxygen atoms in total. The highest BCUT2D eigenvalue weighted by atomic mass is 35.5. The van der Waals surface area contributed by atoms with Gasteiger partial charge in [0.15, 0.2) is 0 Å². The van der Waals surface area contributed by atoms with Gasteiger partial charge in [-0.15, -0.1) is 11.3 Å². The fourth-order valence-corrected chi connectivity index (χ4v) is 2.66. The maximum atomic E-state index is 12.1. The first-order chi connectivity index (χ1) is 10.0. The van der Waals surface area contributed by atoms with E-state index in [4.69, 9.17) is 16.3 Å². The molecule has 2 rings (SSSR count). The van der Waals surface area contributed by atoms with Crippen LogP contribution in [0.4, 0.5) is 5.00 Å². The number of amides is 1. The van der Waals surface area contributed by atoms with Gasteiger partial charge < -0.3 is 10.1 Å². The molecule has 0 saturated heterocycles. The van der Waals surface area contributed by atoms with E-state index in [1.54, 1.807) is 19.1 Å². The highest BCUT2D eigenvalue weighted by molar-refractivity contribution is 7.16. The lowest BCUT2D eigenvalue weighted by Gasteiger charge is -2.06. The average molecular weight is 325 g/mol. The molecule has 1 N–H and O–H groups in total. The van der Waals surface area contributed by atoms with Crippen molar-refractivity contribution in [3.63, 3.8) is 0 Å². The van der Waals surface area contributed by atoms with Crippen LogP contribution in [0.2, 0.25) is 5.15 Å². The number of aryl methyl sites for hydroxylation is 1. The topological polar surface area (TPSA) is 68.3 Å². The second kappa shape index (κ2) is 6.69. The zero-order chi connectivity index (χ0) is 15.4. The molecule has 21 heavy (non-hydrogen) atoms. The molecule has 2 heterocycles. The fourth-order valence-electron chi connectivity index (χ4n) is 1.65. The molecule has 0 spiro atoms. The van der Waals surface area contributed by atoms with Crippen LogP contribution in [-0.2, 0) is 4.74 Å². The summed E-state index contributed by atoms with van der Waals surface area (Å²) in [6, 6.07) is 4.79. The highest BCUT2D eigenvalue weighted by Gasteiger charge is 2.18. The third-order valence-electron chi connectivity index (χ3n) is 2.57. The molecule has 1 amide bonds. The molecule has 7 heteroatoms. The lowest BCUT2D eigenvalue weighted by atomic mass is 10.2. The largest absolute Gasteiger partial charge is 0.462 e. The summed E-state index contributed by atoms with van der Waals surface area (Å²) in [6.07, 6.45) is 1.38. The zero-order valence-electron chi connectivity index (χ0n) is 11.5. The molecule has 0 aliphatic heterocycles. The van der Waals surface area contributed by atoms with Crippen molar-refractivity contribution in [2.24, 2.45) is 0 Å². The Balaban J connectivity index is 2.21. The van der Waals surface area contributed by atoms with Gasteiger partial charge in [0.25, 0.3) is 5.91 Å². The fraction of sp³-hybridized carbons (Fsp3) is 0.214. The molecular weight excluding hydrogens is 312 g/mol. The van der Waals surface area contributed by atoms with E-state index in [9.17, 15) is 9.59 Å². The first-order valence-corrected chi connectivity index (χ1v) is 7.41. The Bertz CT molecular complexity index is 667. The van der Waals surface area contributed by atoms with Crippen LogP contribution in [0, 0.1) is 6.92 Å². The molecule has 0 aromatic carbocycles. The number of carbonyl (C=O) groups excluding carboxylic acids is 2. The number of anilines is 1. The molecule has 0 bridgehead atoms. The summed E-state index contributed by atoms with van der Waals surface area (Å²) in [4.78, 5) is 28.7. The van der Waals surface area contributed by atoms with E-state index in [0.29, 0.717) is 21.3 Å². The van der Waals surface area contributed by atoms with Crippen molar-refractivity contribution >= 4 is 39.8 Å². The number of thiophene rings is 1. The number of carbonyl (C=O) groups is 2. The van der Waals surface area contributed by atoms with E-state index in [1.165, 1.54) is 23.6 Å². The maximum Gasteiger partial charge on any atom is 0.341 e. The van der Waals surface area contributed by atoms with Gasteiger partial charge in [0.05, 0.1) is 17.7 Å². The summed E-state index contributed by atoms with van der Waals surface area (Å²) in [7, 11) is 0. The molecule has 0 radical (unpaired) electrons. The summed E-state index contributed by atoms with van der Waals surface area (Å²) in [6.45, 7) is 3.86. The van der Waals surface area contributed by atoms with Crippen LogP contribution >= 0.6 is 22.9 Å². The van der Waals surface area contributed by atoms with Crippen molar-refractivity contribution in [2.75, 3.05) is 11.9 Å². The number of ether oxygens (including phenoxy) is 1. The van der Waals surface area contributed by atoms with Crippen LogP contribution in [-0.4, -0.2) is 23.5 Å². The van der Waals surface area contributed by atoms with Gasteiger partial charge in [-0.3, -0.25) is 4.79 Å². The van der Waals surface area contributed by atoms with Gasteiger partial charge in [-0.2, -0.15) is 0 Å². The Hall–Kier alpha value is -1.92. The van der Waals surface area contributed by atoms with Gasteiger partial charge in [0, 0.05) is 11.1 Å². The van der Waals surface area contributed by atoms with Crippen LogP contribution in [0.15, 0.2) is 24.4 Å². The zero-order valence-corrected chi connectivity index (χ0v) is 13.0. The quantitative estimate of drug-likeness (QED) is 0.690. The summed E-state index contributed by atoms with van der Waals surface area (Å²) in [5, 5.41) is 3.48. The van der Waals surface area contributed by atoms with E-state index < -0.39 is 5.97 Å². The number of nitrogens with zero attached hydrogens (tertiary/aromatic N) is 1. The minimum Gasteiger partial charge on any atom is -0.462 e. The summed E-state index contributed by atoms with van der Waals surface area (Å²) in [5.74, 6) is -0.807. The molecule has 2 aromatic rings. The van der Waals surface area contributed by atoms with E-state index in [1.807, 2.05) is 6.92 Å². The molecule has 0 aliphatic rings. The Morgan fingerprint density at radius 3 is 2.81 bits per heavy atom. The lowest BCUT2D eigenvalue weighted by molar-refractivity contribution is 0.0528. The predicted octanol–water partition coefficient (Wildman–Crippen LogP) is 3.53. The van der Waals surface area contributed by atoms with Crippen molar-refractivity contribution in [2.45, 2.75) is 13.8 Å². The second-order valence-corrected chi connectivity index (χ2v) is 5.79. The van der Waals surface area contributed by atoms with Gasteiger partial charge >= 0.3 is 5.97 Å². The first kappa shape index (κ1) is 15.5. The molecule has 0 unspecified atom stereocenters. The van der Waals surface area contributed by atoms with Gasteiger partial charge in [-0.25, -0.2) is 9.78 Å². The van der Waals surface area contributed by atoms with Crippen LogP contribution in [0.3, 0.4) is 0 Å². The minimum absolute atomic E-state index is 0.280. The van der Waals surface area contributed by atoms with Gasteiger partial charge in [0.2, 0.25) is 0 Å². The van der Waals surface area contributed by atoms with Gasteiger partial charge in [0.1, 0.15) is 10.2 Å². The highest BCUT2D eigenvalue weighted by Crippen LogP contribution is 2.28. The second-order valence-electron chi connectivity index (χ2n) is 4.14. The summed E-state index contributed by atoms with van der Waals surface area (Å²) < 4.78 is 4.97. The van der Waals surface area contributed by atoms with Gasteiger partial charge in [-0.05, 0) is 32.0 Å². The standard InChI is InChI=1S/C14H13ClN2O3S/c1-3-20-14(19)10-6-8(2)21-13(10)17-12(18)9-4-5-11(15)16-7-9/h4-7H,3H2,1-2H3,(H,17,18). The monoisotopic (exact) mass is 324 g/mol. The summed E-state index contributed by atoms with van der Waals surface area (Å²) >= 11 is 6.99. The van der Waals surface area contributed by atoms with E-state index >= 15 is 0 Å². The van der Waals surface area contributed by atoms with Crippen molar-refractivity contribution in [1.82, 2.24) is 4.98 Å². The number of halogens is 1. The third kappa shape index (κ3) is 3.80. The predicted molar refractivity (Wildman–Crippen MR) is 82.2 cm³/mol. The Morgan fingerprint density at radius 1 is 1.43 bits per heavy atom. The van der Waals surface area contributed by atoms with E-state index in [0.717, 1.165) is 4.88 Å². The molecule has 110 valence electrons. The van der Waals surface area contributed by atoms with Crippen molar-refractivity contribution < 1.29 is 14.3 Å². The Kier molecular flexibility index (Phi) is 4.93. The maximum absolute atomic E-state index is 12.1. The number of aromatic nitrogens is 1. The van der Waals surface area contributed by atoms with Crippen molar-refractivity contribution in [3.05, 3.63) is 45.6 Å². The number of hydrogen-bond acceptors (Lipinski definition) is 5. The summed E-state index contributed by atoms with van der Waals surface area (Å²) in [5.41, 5.74) is 0.717. The molecular formula is C14H13ClN2O3S. The van der Waals surface area contributed by atoms with Gasteiger partial charge in [-0.1, -0.05) is 11.6 Å². The van der Waals surface area contributed by atoms with Crippen molar-refractivity contribution in [3.8, 4) is 0 Å². The van der Waals surface area contributed by atoms with E-state index in [2.05, 4.69) is 10.3 Å². The molecule has 0 saturated carbocycles. The first-order valence-electron chi connectivity index (χ1n) is 6.21. The smallest absolute Gasteiger partial charge is 0.341 e. The lowest BCUT2D eigenvalue weighted by Crippen LogP contribution is -2.14. The van der Waals surface area contributed by atoms with Crippen LogP contribution in [0.1, 0.15) is 32.5 Å². The number of pyridine rings is 1. The van der Waals surface area contributed by atoms with Crippen LogP contribution in [0.25, 0.3) is 0 Å².